The number of rotatable bonds is 3. The van der Waals surface area contributed by atoms with Gasteiger partial charge in [-0.2, -0.15) is 0 Å². The number of carbonyl (C=O) groups is 1. The highest BCUT2D eigenvalue weighted by atomic mass is 16.5. The van der Waals surface area contributed by atoms with Crippen LogP contribution in [-0.4, -0.2) is 54.1 Å². The fourth-order valence-electron chi connectivity index (χ4n) is 1.58. The summed E-state index contributed by atoms with van der Waals surface area (Å²) < 4.78 is 4.80. The Morgan fingerprint density at radius 3 is 2.92 bits per heavy atom. The molecule has 0 aliphatic carbocycles. The van der Waals surface area contributed by atoms with Gasteiger partial charge >= 0.3 is 6.09 Å². The first-order chi connectivity index (χ1) is 6.15. The number of methoxy groups -OCH3 is 1. The summed E-state index contributed by atoms with van der Waals surface area (Å²) >= 11 is 0. The third-order valence-corrected chi connectivity index (χ3v) is 2.38. The maximum Gasteiger partial charge on any atom is 0.407 e. The Kier molecular flexibility index (Phi) is 3.50. The fraction of sp³-hybridized carbons (Fsp3) is 0.875. The van der Waals surface area contributed by atoms with Gasteiger partial charge in [-0.1, -0.05) is 0 Å². The van der Waals surface area contributed by atoms with E-state index in [0.717, 1.165) is 6.42 Å². The van der Waals surface area contributed by atoms with Crippen LogP contribution in [0.2, 0.25) is 0 Å². The minimum Gasteiger partial charge on any atom is -0.465 e. The number of aliphatic hydroxyl groups excluding tert-OH is 1. The zero-order chi connectivity index (χ0) is 9.84. The number of aliphatic hydroxyl groups is 1. The van der Waals surface area contributed by atoms with Gasteiger partial charge in [0.1, 0.15) is 0 Å². The molecule has 1 saturated heterocycles. The summed E-state index contributed by atoms with van der Waals surface area (Å²) in [6, 6.07) is 0. The summed E-state index contributed by atoms with van der Waals surface area (Å²) in [7, 11) is 1.52. The minimum absolute atomic E-state index is 0.0241. The second-order valence-electron chi connectivity index (χ2n) is 3.30. The van der Waals surface area contributed by atoms with Crippen LogP contribution in [0, 0.1) is 5.92 Å². The Morgan fingerprint density at radius 2 is 2.46 bits per heavy atom. The molecule has 0 aromatic rings. The average Bonchev–Trinajstić information content (AvgIpc) is 2.52. The van der Waals surface area contributed by atoms with Gasteiger partial charge in [0.15, 0.2) is 0 Å². The summed E-state index contributed by atoms with van der Waals surface area (Å²) in [5.74, 6) is 0.0241. The van der Waals surface area contributed by atoms with E-state index in [1.165, 1.54) is 12.0 Å². The SMILES string of the molecule is COC[C@@H](O)[C@H]1CCN(C(=O)O)C1. The quantitative estimate of drug-likeness (QED) is 0.655. The van der Waals surface area contributed by atoms with E-state index in [1.54, 1.807) is 0 Å². The summed E-state index contributed by atoms with van der Waals surface area (Å²) in [6.45, 7) is 1.21. The summed E-state index contributed by atoms with van der Waals surface area (Å²) in [6.07, 6.45) is -0.738. The van der Waals surface area contributed by atoms with E-state index in [9.17, 15) is 9.90 Å². The van der Waals surface area contributed by atoms with Gasteiger partial charge < -0.3 is 19.8 Å². The third-order valence-electron chi connectivity index (χ3n) is 2.38. The van der Waals surface area contributed by atoms with Crippen molar-refractivity contribution in [2.75, 3.05) is 26.8 Å². The van der Waals surface area contributed by atoms with E-state index in [1.807, 2.05) is 0 Å². The molecule has 1 heterocycles. The number of nitrogens with zero attached hydrogens (tertiary/aromatic N) is 1. The molecular weight excluding hydrogens is 174 g/mol. The topological polar surface area (TPSA) is 70.0 Å². The fourth-order valence-corrected chi connectivity index (χ4v) is 1.58. The van der Waals surface area contributed by atoms with Gasteiger partial charge in [-0.25, -0.2) is 4.79 Å². The van der Waals surface area contributed by atoms with Crippen LogP contribution in [0.1, 0.15) is 6.42 Å². The molecule has 13 heavy (non-hydrogen) atoms. The Hall–Kier alpha value is -0.810. The average molecular weight is 189 g/mol. The first-order valence-electron chi connectivity index (χ1n) is 4.30. The Bertz CT molecular complexity index is 185. The van der Waals surface area contributed by atoms with Gasteiger partial charge in [0, 0.05) is 26.1 Å². The number of ether oxygens (including phenoxy) is 1. The van der Waals surface area contributed by atoms with Gasteiger partial charge in [-0.15, -0.1) is 0 Å². The van der Waals surface area contributed by atoms with Crippen LogP contribution >= 0.6 is 0 Å². The van der Waals surface area contributed by atoms with E-state index in [0.29, 0.717) is 13.1 Å². The molecule has 0 aromatic heterocycles. The van der Waals surface area contributed by atoms with Crippen molar-refractivity contribution < 1.29 is 19.7 Å². The molecule has 1 aliphatic rings. The van der Waals surface area contributed by atoms with Crippen molar-refractivity contribution in [2.24, 2.45) is 5.92 Å². The van der Waals surface area contributed by atoms with Gasteiger partial charge in [0.25, 0.3) is 0 Å². The Morgan fingerprint density at radius 1 is 1.77 bits per heavy atom. The maximum absolute atomic E-state index is 10.5. The largest absolute Gasteiger partial charge is 0.465 e. The lowest BCUT2D eigenvalue weighted by Gasteiger charge is -2.17. The van der Waals surface area contributed by atoms with Gasteiger partial charge in [-0.3, -0.25) is 0 Å². The zero-order valence-electron chi connectivity index (χ0n) is 7.64. The summed E-state index contributed by atoms with van der Waals surface area (Å²) in [5.41, 5.74) is 0. The van der Waals surface area contributed by atoms with Crippen LogP contribution in [0.3, 0.4) is 0 Å². The first-order valence-corrected chi connectivity index (χ1v) is 4.30. The summed E-state index contributed by atoms with van der Waals surface area (Å²) in [5, 5.41) is 18.2. The molecule has 1 rings (SSSR count). The second-order valence-corrected chi connectivity index (χ2v) is 3.30. The molecule has 0 saturated carbocycles. The first kappa shape index (κ1) is 10.3. The highest BCUT2D eigenvalue weighted by Gasteiger charge is 2.30. The van der Waals surface area contributed by atoms with Crippen molar-refractivity contribution in [3.8, 4) is 0 Å². The van der Waals surface area contributed by atoms with Crippen molar-refractivity contribution in [3.05, 3.63) is 0 Å². The maximum atomic E-state index is 10.5. The van der Waals surface area contributed by atoms with Crippen molar-refractivity contribution in [1.29, 1.82) is 0 Å². The van der Waals surface area contributed by atoms with Crippen LogP contribution in [0.15, 0.2) is 0 Å². The molecular formula is C8H15NO4. The normalized spacial score (nSPS) is 24.8. The van der Waals surface area contributed by atoms with Gasteiger partial charge in [-0.05, 0) is 6.42 Å². The number of hydrogen-bond donors (Lipinski definition) is 2. The Balaban J connectivity index is 2.35. The molecule has 1 fully saturated rings. The second kappa shape index (κ2) is 4.43. The number of likely N-dealkylation sites (tertiary alicyclic amines) is 1. The van der Waals surface area contributed by atoms with Crippen molar-refractivity contribution in [3.63, 3.8) is 0 Å². The number of hydrogen-bond acceptors (Lipinski definition) is 3. The zero-order valence-corrected chi connectivity index (χ0v) is 7.64. The molecule has 0 radical (unpaired) electrons. The molecule has 0 unspecified atom stereocenters. The van der Waals surface area contributed by atoms with E-state index < -0.39 is 12.2 Å². The van der Waals surface area contributed by atoms with E-state index in [-0.39, 0.29) is 12.5 Å². The molecule has 1 amide bonds. The summed E-state index contributed by atoms with van der Waals surface area (Å²) in [4.78, 5) is 11.9. The van der Waals surface area contributed by atoms with Crippen LogP contribution in [0.4, 0.5) is 4.79 Å². The molecule has 5 nitrogen and oxygen atoms in total. The molecule has 0 aromatic carbocycles. The lowest BCUT2D eigenvalue weighted by atomic mass is 10.0. The predicted molar refractivity (Wildman–Crippen MR) is 45.6 cm³/mol. The highest BCUT2D eigenvalue weighted by molar-refractivity contribution is 5.65. The smallest absolute Gasteiger partial charge is 0.407 e. The van der Waals surface area contributed by atoms with E-state index in [2.05, 4.69) is 0 Å². The van der Waals surface area contributed by atoms with E-state index >= 15 is 0 Å². The number of carboxylic acid groups (broad SMARTS) is 1. The molecule has 0 bridgehead atoms. The standard InChI is InChI=1S/C8H15NO4/c1-13-5-7(10)6-2-3-9(4-6)8(11)12/h6-7,10H,2-5H2,1H3,(H,11,12)/t6-,7+/m0/s1. The molecule has 1 aliphatic heterocycles. The van der Waals surface area contributed by atoms with Crippen molar-refractivity contribution in [2.45, 2.75) is 12.5 Å². The van der Waals surface area contributed by atoms with Gasteiger partial charge in [0.05, 0.1) is 12.7 Å². The van der Waals surface area contributed by atoms with Crippen LogP contribution < -0.4 is 0 Å². The van der Waals surface area contributed by atoms with E-state index in [4.69, 9.17) is 9.84 Å². The molecule has 76 valence electrons. The Labute approximate surface area is 76.9 Å². The van der Waals surface area contributed by atoms with Crippen LogP contribution in [-0.2, 0) is 4.74 Å². The third kappa shape index (κ3) is 2.57. The van der Waals surface area contributed by atoms with Crippen molar-refractivity contribution >= 4 is 6.09 Å². The molecule has 2 N–H and O–H groups in total. The molecule has 0 spiro atoms. The highest BCUT2D eigenvalue weighted by Crippen LogP contribution is 2.19. The monoisotopic (exact) mass is 189 g/mol. The van der Waals surface area contributed by atoms with Crippen LogP contribution in [0.5, 0.6) is 0 Å². The predicted octanol–water partition coefficient (Wildman–Crippen LogP) is -0.00640. The van der Waals surface area contributed by atoms with Crippen molar-refractivity contribution in [1.82, 2.24) is 4.90 Å². The number of amides is 1. The lowest BCUT2D eigenvalue weighted by molar-refractivity contribution is 0.0281. The minimum atomic E-state index is -0.910. The molecule has 5 heteroatoms. The van der Waals surface area contributed by atoms with Gasteiger partial charge in [0.2, 0.25) is 0 Å². The van der Waals surface area contributed by atoms with Crippen LogP contribution in [0.25, 0.3) is 0 Å². The lowest BCUT2D eigenvalue weighted by Crippen LogP contribution is -2.31. The molecule has 2 atom stereocenters.